The van der Waals surface area contributed by atoms with Gasteiger partial charge in [0, 0.05) is 19.4 Å². The molecule has 0 spiro atoms. The van der Waals surface area contributed by atoms with Crippen LogP contribution in [0, 0.1) is 11.3 Å². The van der Waals surface area contributed by atoms with Crippen molar-refractivity contribution in [3.05, 3.63) is 29.4 Å². The van der Waals surface area contributed by atoms with Gasteiger partial charge >= 0.3 is 0 Å². The van der Waals surface area contributed by atoms with Crippen molar-refractivity contribution in [2.45, 2.75) is 0 Å². The fourth-order valence-electron chi connectivity index (χ4n) is 1.51. The Kier molecular flexibility index (Phi) is 2.42. The van der Waals surface area contributed by atoms with E-state index in [9.17, 15) is 0 Å². The average Bonchev–Trinajstić information content (AvgIpc) is 3.07. The van der Waals surface area contributed by atoms with E-state index in [-0.39, 0.29) is 0 Å². The van der Waals surface area contributed by atoms with Gasteiger partial charge < -0.3 is 9.09 Å². The third kappa shape index (κ3) is 1.69. The average molecular weight is 257 g/mol. The molecular weight excluding hydrogens is 250 g/mol. The zero-order valence-electron chi connectivity index (χ0n) is 9.36. The lowest BCUT2D eigenvalue weighted by atomic mass is 10.4. The summed E-state index contributed by atoms with van der Waals surface area (Å²) in [5, 5.41) is 12.7. The van der Waals surface area contributed by atoms with Gasteiger partial charge in [-0.25, -0.2) is 4.98 Å². The number of hydrogen-bond acceptors (Lipinski definition) is 6. The second-order valence-electron chi connectivity index (χ2n) is 3.56. The molecule has 88 valence electrons. The van der Waals surface area contributed by atoms with Gasteiger partial charge in [-0.3, -0.25) is 0 Å². The molecule has 3 aromatic rings. The minimum Gasteiger partial charge on any atom is -0.333 e. The Balaban J connectivity index is 1.99. The second-order valence-corrected chi connectivity index (χ2v) is 4.64. The third-order valence-corrected chi connectivity index (χ3v) is 3.35. The molecule has 0 N–H and O–H groups in total. The molecule has 18 heavy (non-hydrogen) atoms. The van der Waals surface area contributed by atoms with Crippen LogP contribution in [0.1, 0.15) is 4.88 Å². The predicted molar refractivity (Wildman–Crippen MR) is 64.5 cm³/mol. The molecule has 3 heterocycles. The summed E-state index contributed by atoms with van der Waals surface area (Å²) in [4.78, 5) is 9.80. The highest BCUT2D eigenvalue weighted by atomic mass is 32.1. The van der Waals surface area contributed by atoms with Crippen LogP contribution in [0.4, 0.5) is 0 Å². The Morgan fingerprint density at radius 2 is 2.33 bits per heavy atom. The lowest BCUT2D eigenvalue weighted by molar-refractivity contribution is 0.432. The Bertz CT molecular complexity index is 733. The number of thiophene rings is 1. The number of nitriles is 1. The summed E-state index contributed by atoms with van der Waals surface area (Å²) in [6.45, 7) is 0. The summed E-state index contributed by atoms with van der Waals surface area (Å²) >= 11 is 1.32. The van der Waals surface area contributed by atoms with Crippen molar-refractivity contribution >= 4 is 11.3 Å². The molecule has 0 saturated carbocycles. The van der Waals surface area contributed by atoms with Crippen molar-refractivity contribution in [2.24, 2.45) is 7.05 Å². The molecule has 0 unspecified atom stereocenters. The number of aromatic nitrogens is 4. The van der Waals surface area contributed by atoms with Crippen LogP contribution in [-0.2, 0) is 7.05 Å². The standard InChI is InChI=1S/C11H7N5OS/c1-16-5-4-13-10(16)9-14-11(17-15-9)8-3-2-7(6-12)18-8/h2-5H,1H3. The lowest BCUT2D eigenvalue weighted by Gasteiger charge is -1.92. The van der Waals surface area contributed by atoms with Crippen LogP contribution in [0.15, 0.2) is 29.0 Å². The van der Waals surface area contributed by atoms with Gasteiger partial charge in [0.05, 0.1) is 4.88 Å². The zero-order chi connectivity index (χ0) is 12.5. The third-order valence-electron chi connectivity index (χ3n) is 2.37. The molecule has 0 fully saturated rings. The van der Waals surface area contributed by atoms with Crippen molar-refractivity contribution < 1.29 is 4.52 Å². The Morgan fingerprint density at radius 1 is 1.44 bits per heavy atom. The zero-order valence-corrected chi connectivity index (χ0v) is 10.2. The summed E-state index contributed by atoms with van der Waals surface area (Å²) < 4.78 is 6.98. The van der Waals surface area contributed by atoms with E-state index in [0.29, 0.717) is 22.4 Å². The van der Waals surface area contributed by atoms with Crippen LogP contribution in [0.2, 0.25) is 0 Å². The Labute approximate surface area is 106 Å². The van der Waals surface area contributed by atoms with E-state index in [1.807, 2.05) is 17.8 Å². The Hall–Kier alpha value is -2.46. The monoisotopic (exact) mass is 257 g/mol. The van der Waals surface area contributed by atoms with E-state index >= 15 is 0 Å². The highest BCUT2D eigenvalue weighted by Gasteiger charge is 2.15. The van der Waals surface area contributed by atoms with E-state index in [4.69, 9.17) is 9.78 Å². The molecule has 0 bridgehead atoms. The van der Waals surface area contributed by atoms with Gasteiger partial charge in [-0.05, 0) is 12.1 Å². The first-order chi connectivity index (χ1) is 8.78. The molecule has 3 rings (SSSR count). The number of hydrogen-bond donors (Lipinski definition) is 0. The Morgan fingerprint density at radius 3 is 3.00 bits per heavy atom. The van der Waals surface area contributed by atoms with Crippen LogP contribution >= 0.6 is 11.3 Å². The first-order valence-corrected chi connectivity index (χ1v) is 5.91. The van der Waals surface area contributed by atoms with Crippen LogP contribution in [-0.4, -0.2) is 19.7 Å². The van der Waals surface area contributed by atoms with Crippen molar-refractivity contribution in [3.8, 4) is 28.5 Å². The molecular formula is C11H7N5OS. The van der Waals surface area contributed by atoms with Crippen LogP contribution in [0.25, 0.3) is 22.4 Å². The summed E-state index contributed by atoms with van der Waals surface area (Å²) in [6, 6.07) is 5.59. The highest BCUT2D eigenvalue weighted by molar-refractivity contribution is 7.15. The maximum atomic E-state index is 8.77. The van der Waals surface area contributed by atoms with Gasteiger partial charge in [0.2, 0.25) is 5.82 Å². The minimum atomic E-state index is 0.402. The van der Waals surface area contributed by atoms with E-state index in [2.05, 4.69) is 21.2 Å². The van der Waals surface area contributed by atoms with E-state index in [1.54, 1.807) is 18.3 Å². The van der Waals surface area contributed by atoms with Gasteiger partial charge in [-0.15, -0.1) is 11.3 Å². The van der Waals surface area contributed by atoms with Gasteiger partial charge in [-0.2, -0.15) is 10.2 Å². The van der Waals surface area contributed by atoms with Gasteiger partial charge in [0.25, 0.3) is 5.89 Å². The van der Waals surface area contributed by atoms with Gasteiger partial charge in [0.15, 0.2) is 5.82 Å². The highest BCUT2D eigenvalue weighted by Crippen LogP contribution is 2.27. The maximum Gasteiger partial charge on any atom is 0.268 e. The van der Waals surface area contributed by atoms with Crippen molar-refractivity contribution in [1.29, 1.82) is 5.26 Å². The van der Waals surface area contributed by atoms with E-state index in [0.717, 1.165) is 4.88 Å². The summed E-state index contributed by atoms with van der Waals surface area (Å²) in [5.41, 5.74) is 0. The molecule has 6 nitrogen and oxygen atoms in total. The second kappa shape index (κ2) is 4.09. The predicted octanol–water partition coefficient (Wildman–Crippen LogP) is 2.07. The molecule has 0 aromatic carbocycles. The van der Waals surface area contributed by atoms with Crippen molar-refractivity contribution in [1.82, 2.24) is 19.7 Å². The fraction of sp³-hybridized carbons (Fsp3) is 0.0909. The first-order valence-electron chi connectivity index (χ1n) is 5.09. The maximum absolute atomic E-state index is 8.77. The lowest BCUT2D eigenvalue weighted by Crippen LogP contribution is -1.92. The number of nitrogens with zero attached hydrogens (tertiary/aromatic N) is 5. The van der Waals surface area contributed by atoms with Crippen molar-refractivity contribution in [2.75, 3.05) is 0 Å². The first kappa shape index (κ1) is 10.7. The van der Waals surface area contributed by atoms with Gasteiger partial charge in [0.1, 0.15) is 10.9 Å². The molecule has 0 radical (unpaired) electrons. The largest absolute Gasteiger partial charge is 0.333 e. The quantitative estimate of drug-likeness (QED) is 0.702. The SMILES string of the molecule is Cn1ccnc1-c1noc(-c2ccc(C#N)s2)n1. The molecule has 0 atom stereocenters. The molecule has 0 aliphatic heterocycles. The summed E-state index contributed by atoms with van der Waals surface area (Å²) in [6.07, 6.45) is 3.48. The van der Waals surface area contributed by atoms with Crippen LogP contribution in [0.5, 0.6) is 0 Å². The van der Waals surface area contributed by atoms with Gasteiger partial charge in [-0.1, -0.05) is 5.16 Å². The fourth-order valence-corrected chi connectivity index (χ4v) is 2.23. The number of rotatable bonds is 2. The topological polar surface area (TPSA) is 80.5 Å². The van der Waals surface area contributed by atoms with E-state index < -0.39 is 0 Å². The summed E-state index contributed by atoms with van der Waals surface area (Å²) in [5.74, 6) is 1.48. The van der Waals surface area contributed by atoms with E-state index in [1.165, 1.54) is 11.3 Å². The molecule has 0 saturated heterocycles. The van der Waals surface area contributed by atoms with Crippen LogP contribution < -0.4 is 0 Å². The number of imidazole rings is 1. The molecule has 0 amide bonds. The normalized spacial score (nSPS) is 10.4. The van der Waals surface area contributed by atoms with Crippen molar-refractivity contribution in [3.63, 3.8) is 0 Å². The summed E-state index contributed by atoms with van der Waals surface area (Å²) in [7, 11) is 1.86. The molecule has 0 aliphatic carbocycles. The smallest absolute Gasteiger partial charge is 0.268 e. The molecule has 0 aliphatic rings. The number of aryl methyl sites for hydroxylation is 1. The molecule has 7 heteroatoms. The van der Waals surface area contributed by atoms with Crippen LogP contribution in [0.3, 0.4) is 0 Å². The minimum absolute atomic E-state index is 0.402. The molecule has 3 aromatic heterocycles.